The Kier molecular flexibility index (Phi) is 3.35. The number of hydrogen-bond donors (Lipinski definition) is 0. The lowest BCUT2D eigenvalue weighted by Gasteiger charge is -2.01. The van der Waals surface area contributed by atoms with Crippen LogP contribution in [0.3, 0.4) is 0 Å². The molecule has 0 rings (SSSR count). The molecule has 0 unspecified atom stereocenters. The van der Waals surface area contributed by atoms with Gasteiger partial charge in [-0.3, -0.25) is 0 Å². The Labute approximate surface area is 48.7 Å². The van der Waals surface area contributed by atoms with Crippen molar-refractivity contribution < 1.29 is 0 Å². The molecule has 0 aliphatic heterocycles. The zero-order valence-electron chi connectivity index (χ0n) is 4.76. The molecule has 0 heterocycles. The Hall–Kier alpha value is -1.22. The van der Waals surface area contributed by atoms with E-state index in [1.54, 1.807) is 7.05 Å². The molecule has 0 fully saturated rings. The van der Waals surface area contributed by atoms with E-state index in [-0.39, 0.29) is 0 Å². The topological polar surface area (TPSA) is 50.8 Å². The predicted molar refractivity (Wildman–Crippen MR) is 28.5 cm³/mol. The molecule has 3 nitrogen and oxygen atoms in total. The molecule has 0 aromatic heterocycles. The maximum atomic E-state index is 8.13. The highest BCUT2D eigenvalue weighted by molar-refractivity contribution is 4.76. The number of nitriles is 2. The second kappa shape index (κ2) is 3.95. The highest BCUT2D eigenvalue weighted by Gasteiger charge is 1.88. The highest BCUT2D eigenvalue weighted by atomic mass is 15.1. The van der Waals surface area contributed by atoms with E-state index < -0.39 is 0 Å². The average molecular weight is 109 g/mol. The molecule has 0 aliphatic rings. The maximum absolute atomic E-state index is 8.13. The summed E-state index contributed by atoms with van der Waals surface area (Å²) in [4.78, 5) is 1.42. The van der Waals surface area contributed by atoms with Crippen LogP contribution in [0.2, 0.25) is 0 Å². The van der Waals surface area contributed by atoms with Gasteiger partial charge in [0.2, 0.25) is 0 Å². The van der Waals surface area contributed by atoms with Crippen LogP contribution < -0.4 is 0 Å². The van der Waals surface area contributed by atoms with Crippen molar-refractivity contribution in [3.63, 3.8) is 0 Å². The molecule has 0 spiro atoms. The van der Waals surface area contributed by atoms with Gasteiger partial charge in [0.25, 0.3) is 0 Å². The summed E-state index contributed by atoms with van der Waals surface area (Å²) in [6.45, 7) is 0.535. The summed E-state index contributed by atoms with van der Waals surface area (Å²) in [5, 5.41) is 16.2. The lowest BCUT2D eigenvalue weighted by molar-refractivity contribution is 0.485. The summed E-state index contributed by atoms with van der Waals surface area (Å²) in [6, 6.07) is 1.94. The molecule has 0 atom stereocenters. The van der Waals surface area contributed by atoms with Gasteiger partial charge in [0.05, 0.1) is 12.5 Å². The van der Waals surface area contributed by atoms with E-state index in [1.165, 1.54) is 4.90 Å². The van der Waals surface area contributed by atoms with Crippen LogP contribution in [0.15, 0.2) is 0 Å². The van der Waals surface area contributed by atoms with Gasteiger partial charge < -0.3 is 4.90 Å². The van der Waals surface area contributed by atoms with Crippen molar-refractivity contribution in [3.05, 3.63) is 0 Å². The van der Waals surface area contributed by atoms with Gasteiger partial charge in [0, 0.05) is 13.6 Å². The molecular formula is C5H7N3. The normalized spacial score (nSPS) is 6.88. The minimum absolute atomic E-state index is 0.421. The largest absolute Gasteiger partial charge is 0.313 e. The van der Waals surface area contributed by atoms with E-state index in [0.717, 1.165) is 0 Å². The Bertz CT molecular complexity index is 128. The van der Waals surface area contributed by atoms with Crippen molar-refractivity contribution in [2.24, 2.45) is 0 Å². The van der Waals surface area contributed by atoms with Gasteiger partial charge in [-0.25, -0.2) is 0 Å². The molecule has 0 aromatic rings. The molecule has 42 valence electrons. The van der Waals surface area contributed by atoms with Gasteiger partial charge in [-0.2, -0.15) is 10.5 Å². The first-order valence-electron chi connectivity index (χ1n) is 2.29. The number of hydrogen-bond acceptors (Lipinski definition) is 3. The third-order valence-corrected chi connectivity index (χ3v) is 0.730. The third-order valence-electron chi connectivity index (χ3n) is 0.730. The van der Waals surface area contributed by atoms with E-state index in [0.29, 0.717) is 13.0 Å². The van der Waals surface area contributed by atoms with Gasteiger partial charge in [-0.15, -0.1) is 0 Å². The first kappa shape index (κ1) is 6.78. The van der Waals surface area contributed by atoms with Crippen LogP contribution in [0, 0.1) is 22.8 Å². The summed E-state index contributed by atoms with van der Waals surface area (Å²) in [5.41, 5.74) is 0. The zero-order valence-corrected chi connectivity index (χ0v) is 4.76. The molecule has 0 aliphatic carbocycles. The first-order chi connectivity index (χ1) is 3.81. The summed E-state index contributed by atoms with van der Waals surface area (Å²) in [6.07, 6.45) is 2.30. The van der Waals surface area contributed by atoms with E-state index in [9.17, 15) is 0 Å². The van der Waals surface area contributed by atoms with Gasteiger partial charge in [-0.05, 0) is 0 Å². The summed E-state index contributed by atoms with van der Waals surface area (Å²) in [7, 11) is 1.65. The Morgan fingerprint density at radius 3 is 2.50 bits per heavy atom. The minimum atomic E-state index is 0.421. The molecule has 0 N–H and O–H groups in total. The smallest absolute Gasteiger partial charge is 0.179 e. The lowest BCUT2D eigenvalue weighted by atomic mass is 10.4. The SMILES string of the molecule is CN(C#N)CCC#N. The molecule has 0 aromatic carbocycles. The van der Waals surface area contributed by atoms with E-state index in [1.807, 2.05) is 12.3 Å². The second-order valence-electron chi connectivity index (χ2n) is 1.43. The zero-order chi connectivity index (χ0) is 6.41. The first-order valence-corrected chi connectivity index (χ1v) is 2.29. The monoisotopic (exact) mass is 109 g/mol. The van der Waals surface area contributed by atoms with E-state index >= 15 is 0 Å². The molecule has 0 saturated heterocycles. The van der Waals surface area contributed by atoms with Crippen molar-refractivity contribution in [2.75, 3.05) is 13.6 Å². The van der Waals surface area contributed by atoms with Crippen molar-refractivity contribution in [1.29, 1.82) is 10.5 Å². The average Bonchev–Trinajstić information content (AvgIpc) is 1.83. The maximum Gasteiger partial charge on any atom is 0.179 e. The molecule has 3 heteroatoms. The number of rotatable bonds is 2. The summed E-state index contributed by atoms with van der Waals surface area (Å²) >= 11 is 0. The molecule has 0 amide bonds. The Balaban J connectivity index is 3.18. The molecule has 0 bridgehead atoms. The molecule has 0 saturated carbocycles. The van der Waals surface area contributed by atoms with Crippen molar-refractivity contribution >= 4 is 0 Å². The fourth-order valence-electron chi connectivity index (χ4n) is 0.268. The van der Waals surface area contributed by atoms with E-state index in [4.69, 9.17) is 10.5 Å². The van der Waals surface area contributed by atoms with Gasteiger partial charge in [0.1, 0.15) is 0 Å². The standard InChI is InChI=1S/C5H7N3/c1-8(5-7)4-2-3-6/h2,4H2,1H3. The number of nitrogens with zero attached hydrogens (tertiary/aromatic N) is 3. The van der Waals surface area contributed by atoms with Gasteiger partial charge >= 0.3 is 0 Å². The fraction of sp³-hybridized carbons (Fsp3) is 0.600. The van der Waals surface area contributed by atoms with Crippen LogP contribution in [0.25, 0.3) is 0 Å². The molecule has 0 radical (unpaired) electrons. The Morgan fingerprint density at radius 1 is 1.50 bits per heavy atom. The Morgan fingerprint density at radius 2 is 2.12 bits per heavy atom. The van der Waals surface area contributed by atoms with E-state index in [2.05, 4.69) is 0 Å². The lowest BCUT2D eigenvalue weighted by Crippen LogP contribution is -2.11. The van der Waals surface area contributed by atoms with Crippen molar-refractivity contribution in [2.45, 2.75) is 6.42 Å². The highest BCUT2D eigenvalue weighted by Crippen LogP contribution is 1.79. The van der Waals surface area contributed by atoms with Gasteiger partial charge in [0.15, 0.2) is 6.19 Å². The van der Waals surface area contributed by atoms with Crippen LogP contribution in [-0.4, -0.2) is 18.5 Å². The van der Waals surface area contributed by atoms with Crippen LogP contribution >= 0.6 is 0 Å². The van der Waals surface area contributed by atoms with Crippen molar-refractivity contribution in [3.8, 4) is 12.3 Å². The van der Waals surface area contributed by atoms with Crippen LogP contribution in [0.1, 0.15) is 6.42 Å². The van der Waals surface area contributed by atoms with Crippen LogP contribution in [-0.2, 0) is 0 Å². The second-order valence-corrected chi connectivity index (χ2v) is 1.43. The van der Waals surface area contributed by atoms with Crippen LogP contribution in [0.5, 0.6) is 0 Å². The third kappa shape index (κ3) is 2.99. The fourth-order valence-corrected chi connectivity index (χ4v) is 0.268. The summed E-state index contributed by atoms with van der Waals surface area (Å²) < 4.78 is 0. The predicted octanol–water partition coefficient (Wildman–Crippen LogP) is 0.313. The molecular weight excluding hydrogens is 102 g/mol. The molecule has 8 heavy (non-hydrogen) atoms. The summed E-state index contributed by atoms with van der Waals surface area (Å²) in [5.74, 6) is 0. The minimum Gasteiger partial charge on any atom is -0.313 e. The van der Waals surface area contributed by atoms with Crippen molar-refractivity contribution in [1.82, 2.24) is 4.90 Å². The quantitative estimate of drug-likeness (QED) is 0.379. The van der Waals surface area contributed by atoms with Crippen LogP contribution in [0.4, 0.5) is 0 Å². The van der Waals surface area contributed by atoms with Gasteiger partial charge in [-0.1, -0.05) is 0 Å².